The van der Waals surface area contributed by atoms with Gasteiger partial charge in [0.1, 0.15) is 23.9 Å². The monoisotopic (exact) mass is 454 g/mol. The van der Waals surface area contributed by atoms with Crippen molar-refractivity contribution in [2.75, 3.05) is 7.11 Å². The third-order valence-corrected chi connectivity index (χ3v) is 4.51. The lowest BCUT2D eigenvalue weighted by Gasteiger charge is -2.07. The number of hydrogen-bond acceptors (Lipinski definition) is 5. The van der Waals surface area contributed by atoms with E-state index in [4.69, 9.17) is 9.47 Å². The van der Waals surface area contributed by atoms with Gasteiger partial charge in [0.05, 0.1) is 13.3 Å². The molecule has 0 aliphatic rings. The molecule has 0 heterocycles. The predicted molar refractivity (Wildman–Crippen MR) is 115 cm³/mol. The minimum atomic E-state index is -0.373. The summed E-state index contributed by atoms with van der Waals surface area (Å²) in [6, 6.07) is 19.4. The Morgan fingerprint density at radius 2 is 1.86 bits per heavy atom. The summed E-state index contributed by atoms with van der Waals surface area (Å²) in [6.45, 7) is 0.430. The van der Waals surface area contributed by atoms with Crippen LogP contribution in [0.5, 0.6) is 17.2 Å². The molecule has 7 heteroatoms. The molecule has 0 atom stereocenters. The van der Waals surface area contributed by atoms with E-state index in [9.17, 15) is 9.90 Å². The summed E-state index contributed by atoms with van der Waals surface area (Å²) in [7, 11) is 1.53. The van der Waals surface area contributed by atoms with Gasteiger partial charge in [-0.25, -0.2) is 5.43 Å². The summed E-state index contributed by atoms with van der Waals surface area (Å²) < 4.78 is 11.8. The molecule has 0 saturated heterocycles. The largest absolute Gasteiger partial charge is 0.507 e. The topological polar surface area (TPSA) is 80.2 Å². The molecule has 2 N–H and O–H groups in total. The van der Waals surface area contributed by atoms with Crippen molar-refractivity contribution < 1.29 is 19.4 Å². The van der Waals surface area contributed by atoms with Gasteiger partial charge in [0, 0.05) is 15.6 Å². The van der Waals surface area contributed by atoms with E-state index in [1.165, 1.54) is 19.4 Å². The van der Waals surface area contributed by atoms with E-state index in [1.807, 2.05) is 24.3 Å². The van der Waals surface area contributed by atoms with E-state index in [1.54, 1.807) is 36.4 Å². The van der Waals surface area contributed by atoms with Gasteiger partial charge < -0.3 is 14.6 Å². The molecule has 6 nitrogen and oxygen atoms in total. The quantitative estimate of drug-likeness (QED) is 0.406. The van der Waals surface area contributed by atoms with Crippen molar-refractivity contribution in [1.82, 2.24) is 5.43 Å². The highest BCUT2D eigenvalue weighted by molar-refractivity contribution is 9.10. The first kappa shape index (κ1) is 20.4. The summed E-state index contributed by atoms with van der Waals surface area (Å²) in [5.74, 6) is 0.901. The SMILES string of the molecule is COc1ccc(O)c(/C=N\NC(=O)c2ccc(OCc3cccc(Br)c3)cc2)c1. The Labute approximate surface area is 176 Å². The Hall–Kier alpha value is -3.32. The van der Waals surface area contributed by atoms with Gasteiger partial charge in [0.2, 0.25) is 0 Å². The second kappa shape index (κ2) is 9.75. The predicted octanol–water partition coefficient (Wildman–Crippen LogP) is 4.51. The fraction of sp³-hybridized carbons (Fsp3) is 0.0909. The number of rotatable bonds is 7. The Balaban J connectivity index is 1.56. The van der Waals surface area contributed by atoms with Gasteiger partial charge >= 0.3 is 0 Å². The number of methoxy groups -OCH3 is 1. The summed E-state index contributed by atoms with van der Waals surface area (Å²) in [4.78, 5) is 12.2. The van der Waals surface area contributed by atoms with Crippen molar-refractivity contribution in [1.29, 1.82) is 0 Å². The number of hydrogen-bond donors (Lipinski definition) is 2. The highest BCUT2D eigenvalue weighted by Gasteiger charge is 2.06. The summed E-state index contributed by atoms with van der Waals surface area (Å²) in [5.41, 5.74) is 4.33. The van der Waals surface area contributed by atoms with Crippen molar-refractivity contribution >= 4 is 28.1 Å². The molecule has 1 amide bonds. The Bertz CT molecular complexity index is 1020. The number of phenolic OH excluding ortho intramolecular Hbond substituents is 1. The van der Waals surface area contributed by atoms with Crippen LogP contribution in [0.2, 0.25) is 0 Å². The van der Waals surface area contributed by atoms with Gasteiger partial charge in [-0.3, -0.25) is 4.79 Å². The second-order valence-corrected chi connectivity index (χ2v) is 6.98. The molecule has 3 rings (SSSR count). The van der Waals surface area contributed by atoms with Crippen molar-refractivity contribution in [2.24, 2.45) is 5.10 Å². The lowest BCUT2D eigenvalue weighted by atomic mass is 10.2. The first-order valence-corrected chi connectivity index (χ1v) is 9.52. The van der Waals surface area contributed by atoms with Crippen LogP contribution in [0, 0.1) is 0 Å². The lowest BCUT2D eigenvalue weighted by molar-refractivity contribution is 0.0955. The number of nitrogens with zero attached hydrogens (tertiary/aromatic N) is 1. The summed E-state index contributed by atoms with van der Waals surface area (Å²) >= 11 is 3.43. The van der Waals surface area contributed by atoms with Crippen LogP contribution in [0.15, 0.2) is 76.3 Å². The molecule has 0 bridgehead atoms. The molecule has 0 fully saturated rings. The maximum Gasteiger partial charge on any atom is 0.271 e. The minimum absolute atomic E-state index is 0.0377. The van der Waals surface area contributed by atoms with Crippen molar-refractivity contribution in [3.05, 3.63) is 87.9 Å². The fourth-order valence-corrected chi connectivity index (χ4v) is 2.93. The van der Waals surface area contributed by atoms with E-state index >= 15 is 0 Å². The van der Waals surface area contributed by atoms with Crippen LogP contribution in [-0.4, -0.2) is 24.3 Å². The van der Waals surface area contributed by atoms with Gasteiger partial charge in [0.25, 0.3) is 5.91 Å². The van der Waals surface area contributed by atoms with Crippen LogP contribution in [0.3, 0.4) is 0 Å². The number of amides is 1. The first-order valence-electron chi connectivity index (χ1n) is 8.73. The number of carbonyl (C=O) groups is 1. The minimum Gasteiger partial charge on any atom is -0.507 e. The summed E-state index contributed by atoms with van der Waals surface area (Å²) in [6.07, 6.45) is 1.35. The third kappa shape index (κ3) is 5.83. The molecule has 3 aromatic rings. The average molecular weight is 455 g/mol. The number of carbonyl (C=O) groups excluding carboxylic acids is 1. The van der Waals surface area contributed by atoms with E-state index < -0.39 is 0 Å². The second-order valence-electron chi connectivity index (χ2n) is 6.07. The van der Waals surface area contributed by atoms with Gasteiger partial charge in [-0.2, -0.15) is 5.10 Å². The van der Waals surface area contributed by atoms with Crippen LogP contribution in [-0.2, 0) is 6.61 Å². The molecule has 0 aliphatic heterocycles. The Morgan fingerprint density at radius 3 is 2.59 bits per heavy atom. The fourth-order valence-electron chi connectivity index (χ4n) is 2.48. The molecule has 148 valence electrons. The van der Waals surface area contributed by atoms with Crippen LogP contribution < -0.4 is 14.9 Å². The first-order chi connectivity index (χ1) is 14.0. The average Bonchev–Trinajstić information content (AvgIpc) is 2.74. The Kier molecular flexibility index (Phi) is 6.86. The van der Waals surface area contributed by atoms with Crippen LogP contribution >= 0.6 is 15.9 Å². The smallest absolute Gasteiger partial charge is 0.271 e. The van der Waals surface area contributed by atoms with E-state index in [0.29, 0.717) is 29.2 Å². The highest BCUT2D eigenvalue weighted by atomic mass is 79.9. The van der Waals surface area contributed by atoms with Gasteiger partial charge in [-0.15, -0.1) is 0 Å². The zero-order valence-electron chi connectivity index (χ0n) is 15.6. The maximum atomic E-state index is 12.2. The Morgan fingerprint density at radius 1 is 1.10 bits per heavy atom. The number of nitrogens with one attached hydrogen (secondary N) is 1. The molecule has 0 unspecified atom stereocenters. The maximum absolute atomic E-state index is 12.2. The molecule has 0 spiro atoms. The van der Waals surface area contributed by atoms with Crippen molar-refractivity contribution in [3.63, 3.8) is 0 Å². The number of hydrazone groups is 1. The van der Waals surface area contributed by atoms with E-state index in [-0.39, 0.29) is 11.7 Å². The van der Waals surface area contributed by atoms with Crippen LogP contribution in [0.4, 0.5) is 0 Å². The molecule has 0 aliphatic carbocycles. The zero-order chi connectivity index (χ0) is 20.6. The van der Waals surface area contributed by atoms with Crippen LogP contribution in [0.25, 0.3) is 0 Å². The van der Waals surface area contributed by atoms with Crippen molar-refractivity contribution in [2.45, 2.75) is 6.61 Å². The molecular formula is C22H19BrN2O4. The lowest BCUT2D eigenvalue weighted by Crippen LogP contribution is -2.17. The molecule has 3 aromatic carbocycles. The zero-order valence-corrected chi connectivity index (χ0v) is 17.2. The molecule has 0 saturated carbocycles. The normalized spacial score (nSPS) is 10.7. The summed E-state index contributed by atoms with van der Waals surface area (Å²) in [5, 5.41) is 13.7. The molecule has 0 radical (unpaired) electrons. The number of aromatic hydroxyl groups is 1. The number of phenols is 1. The van der Waals surface area contributed by atoms with Crippen molar-refractivity contribution in [3.8, 4) is 17.2 Å². The highest BCUT2D eigenvalue weighted by Crippen LogP contribution is 2.21. The molecular weight excluding hydrogens is 436 g/mol. The van der Waals surface area contributed by atoms with E-state index in [0.717, 1.165) is 10.0 Å². The van der Waals surface area contributed by atoms with E-state index in [2.05, 4.69) is 26.5 Å². The number of halogens is 1. The molecule has 0 aromatic heterocycles. The van der Waals surface area contributed by atoms with Gasteiger partial charge in [-0.05, 0) is 60.2 Å². The van der Waals surface area contributed by atoms with Gasteiger partial charge in [-0.1, -0.05) is 28.1 Å². The standard InChI is InChI=1S/C22H19BrN2O4/c1-28-20-9-10-21(26)17(12-20)13-24-25-22(27)16-5-7-19(8-6-16)29-14-15-3-2-4-18(23)11-15/h2-13,26H,14H2,1H3,(H,25,27)/b24-13-. The number of benzene rings is 3. The molecule has 29 heavy (non-hydrogen) atoms. The number of ether oxygens (including phenoxy) is 2. The van der Waals surface area contributed by atoms with Crippen LogP contribution in [0.1, 0.15) is 21.5 Å². The van der Waals surface area contributed by atoms with Gasteiger partial charge in [0.15, 0.2) is 0 Å². The third-order valence-electron chi connectivity index (χ3n) is 4.02.